The summed E-state index contributed by atoms with van der Waals surface area (Å²) in [6, 6.07) is -0.0786. The summed E-state index contributed by atoms with van der Waals surface area (Å²) >= 11 is 0. The first-order valence-electron chi connectivity index (χ1n) is 12.5. The van der Waals surface area contributed by atoms with Gasteiger partial charge in [0.1, 0.15) is 5.82 Å². The largest absolute Gasteiger partial charge is 0.332 e. The van der Waals surface area contributed by atoms with E-state index in [1.54, 1.807) is 0 Å². The maximum Gasteiger partial charge on any atom is 0.254 e. The first-order valence-corrected chi connectivity index (χ1v) is 12.5. The van der Waals surface area contributed by atoms with Gasteiger partial charge in [0.05, 0.1) is 11.7 Å². The molecule has 2 fully saturated rings. The molecule has 0 radical (unpaired) electrons. The van der Waals surface area contributed by atoms with Crippen LogP contribution in [0.15, 0.2) is 16.9 Å². The third-order valence-corrected chi connectivity index (χ3v) is 7.88. The molecular formula is C25H36N4O2. The standard InChI is InChI=1S/C25H36N4O2/c30-24-20-13-15-28(16-18-8-3-1-4-9-18)17-21(20)26-23(27-24)22-12-7-14-29(22)25(31)19-10-5-2-6-11-19/h2,5,18-19,22H,1,3-4,6-17H2,(H,26,27,30). The molecule has 1 saturated carbocycles. The lowest BCUT2D eigenvalue weighted by Crippen LogP contribution is -2.40. The molecule has 2 atom stereocenters. The van der Waals surface area contributed by atoms with Crippen molar-refractivity contribution in [3.63, 3.8) is 0 Å². The highest BCUT2D eigenvalue weighted by Gasteiger charge is 2.36. The number of rotatable bonds is 4. The van der Waals surface area contributed by atoms with Crippen LogP contribution in [0.4, 0.5) is 0 Å². The molecule has 1 aromatic heterocycles. The Labute approximate surface area is 185 Å². The zero-order valence-electron chi connectivity index (χ0n) is 18.7. The van der Waals surface area contributed by atoms with Crippen molar-refractivity contribution >= 4 is 5.91 Å². The molecule has 5 rings (SSSR count). The Morgan fingerprint density at radius 1 is 1.06 bits per heavy atom. The predicted molar refractivity (Wildman–Crippen MR) is 121 cm³/mol. The number of amides is 1. The van der Waals surface area contributed by atoms with Gasteiger partial charge in [0.2, 0.25) is 5.91 Å². The number of carbonyl (C=O) groups is 1. The van der Waals surface area contributed by atoms with Gasteiger partial charge in [0, 0.05) is 37.7 Å². The van der Waals surface area contributed by atoms with Crippen LogP contribution in [0, 0.1) is 11.8 Å². The quantitative estimate of drug-likeness (QED) is 0.748. The molecule has 1 amide bonds. The van der Waals surface area contributed by atoms with Gasteiger partial charge in [-0.2, -0.15) is 0 Å². The molecule has 1 saturated heterocycles. The highest BCUT2D eigenvalue weighted by molar-refractivity contribution is 5.80. The van der Waals surface area contributed by atoms with E-state index in [0.29, 0.717) is 5.82 Å². The summed E-state index contributed by atoms with van der Waals surface area (Å²) in [6.45, 7) is 3.64. The van der Waals surface area contributed by atoms with Crippen LogP contribution in [0.5, 0.6) is 0 Å². The second-order valence-electron chi connectivity index (χ2n) is 10.0. The van der Waals surface area contributed by atoms with Crippen molar-refractivity contribution in [3.05, 3.63) is 39.6 Å². The summed E-state index contributed by atoms with van der Waals surface area (Å²) in [6.07, 6.45) is 16.5. The highest BCUT2D eigenvalue weighted by Crippen LogP contribution is 2.34. The molecule has 2 aliphatic carbocycles. The number of fused-ring (bicyclic) bond motifs is 1. The predicted octanol–water partition coefficient (Wildman–Crippen LogP) is 3.73. The Morgan fingerprint density at radius 3 is 2.74 bits per heavy atom. The molecule has 4 aliphatic rings. The van der Waals surface area contributed by atoms with Crippen LogP contribution in [0.25, 0.3) is 0 Å². The normalized spacial score (nSPS) is 27.4. The molecule has 3 heterocycles. The number of hydrogen-bond donors (Lipinski definition) is 1. The number of allylic oxidation sites excluding steroid dienone is 2. The monoisotopic (exact) mass is 424 g/mol. The van der Waals surface area contributed by atoms with Crippen LogP contribution in [-0.4, -0.2) is 45.3 Å². The number of aromatic nitrogens is 2. The Kier molecular flexibility index (Phi) is 6.26. The van der Waals surface area contributed by atoms with Gasteiger partial charge in [-0.15, -0.1) is 0 Å². The first kappa shape index (κ1) is 20.9. The lowest BCUT2D eigenvalue weighted by atomic mass is 9.88. The average Bonchev–Trinajstić information content (AvgIpc) is 3.29. The van der Waals surface area contributed by atoms with Gasteiger partial charge in [-0.1, -0.05) is 31.4 Å². The van der Waals surface area contributed by atoms with Crippen molar-refractivity contribution in [1.29, 1.82) is 0 Å². The summed E-state index contributed by atoms with van der Waals surface area (Å²) in [7, 11) is 0. The SMILES string of the molecule is O=C(C1CC=CCC1)N1CCCC1c1nc2c(c(=O)[nH]1)CCN(CC1CCCCC1)C2. The molecule has 31 heavy (non-hydrogen) atoms. The topological polar surface area (TPSA) is 69.3 Å². The van der Waals surface area contributed by atoms with Crippen LogP contribution in [0.2, 0.25) is 0 Å². The summed E-state index contributed by atoms with van der Waals surface area (Å²) in [5, 5.41) is 0. The molecular weight excluding hydrogens is 388 g/mol. The van der Waals surface area contributed by atoms with E-state index in [9.17, 15) is 9.59 Å². The first-order chi connectivity index (χ1) is 15.2. The minimum Gasteiger partial charge on any atom is -0.332 e. The maximum atomic E-state index is 13.2. The lowest BCUT2D eigenvalue weighted by molar-refractivity contribution is -0.136. The van der Waals surface area contributed by atoms with E-state index in [-0.39, 0.29) is 23.4 Å². The van der Waals surface area contributed by atoms with Gasteiger partial charge in [0.25, 0.3) is 5.56 Å². The van der Waals surface area contributed by atoms with Gasteiger partial charge in [-0.25, -0.2) is 4.98 Å². The van der Waals surface area contributed by atoms with E-state index < -0.39 is 0 Å². The van der Waals surface area contributed by atoms with Gasteiger partial charge in [-0.3, -0.25) is 14.5 Å². The second kappa shape index (κ2) is 9.27. The minimum absolute atomic E-state index is 0.0113. The zero-order valence-corrected chi connectivity index (χ0v) is 18.7. The highest BCUT2D eigenvalue weighted by atomic mass is 16.2. The Bertz CT molecular complexity index is 886. The number of carbonyl (C=O) groups excluding carboxylic acids is 1. The van der Waals surface area contributed by atoms with E-state index in [0.717, 1.165) is 81.9 Å². The number of aromatic amines is 1. The number of nitrogens with zero attached hydrogens (tertiary/aromatic N) is 3. The molecule has 2 unspecified atom stereocenters. The molecule has 0 aromatic carbocycles. The average molecular weight is 425 g/mol. The molecule has 6 nitrogen and oxygen atoms in total. The van der Waals surface area contributed by atoms with Crippen molar-refractivity contribution in [3.8, 4) is 0 Å². The van der Waals surface area contributed by atoms with Crippen LogP contribution < -0.4 is 5.56 Å². The Morgan fingerprint density at radius 2 is 1.94 bits per heavy atom. The van der Waals surface area contributed by atoms with Crippen LogP contribution in [0.3, 0.4) is 0 Å². The third-order valence-electron chi connectivity index (χ3n) is 7.88. The van der Waals surface area contributed by atoms with E-state index in [2.05, 4.69) is 22.0 Å². The van der Waals surface area contributed by atoms with Crippen LogP contribution in [0.1, 0.15) is 87.3 Å². The zero-order chi connectivity index (χ0) is 21.2. The van der Waals surface area contributed by atoms with Gasteiger partial charge < -0.3 is 9.88 Å². The van der Waals surface area contributed by atoms with Crippen molar-refractivity contribution in [2.75, 3.05) is 19.6 Å². The van der Waals surface area contributed by atoms with Crippen molar-refractivity contribution in [2.24, 2.45) is 11.8 Å². The second-order valence-corrected chi connectivity index (χ2v) is 10.0. The number of nitrogens with one attached hydrogen (secondary N) is 1. The van der Waals surface area contributed by atoms with Crippen LogP contribution in [-0.2, 0) is 17.8 Å². The van der Waals surface area contributed by atoms with E-state index in [1.807, 2.05) is 4.90 Å². The summed E-state index contributed by atoms with van der Waals surface area (Å²) in [5.41, 5.74) is 1.81. The lowest BCUT2D eigenvalue weighted by Gasteiger charge is -2.33. The molecule has 168 valence electrons. The molecule has 1 N–H and O–H groups in total. The fourth-order valence-electron chi connectivity index (χ4n) is 6.13. The fourth-order valence-corrected chi connectivity index (χ4v) is 6.13. The molecule has 1 aromatic rings. The minimum atomic E-state index is -0.0786. The molecule has 0 spiro atoms. The number of likely N-dealkylation sites (tertiary alicyclic amines) is 1. The Hall–Kier alpha value is -1.95. The number of hydrogen-bond acceptors (Lipinski definition) is 4. The fraction of sp³-hybridized carbons (Fsp3) is 0.720. The van der Waals surface area contributed by atoms with Crippen molar-refractivity contribution < 1.29 is 4.79 Å². The molecule has 6 heteroatoms. The van der Waals surface area contributed by atoms with Gasteiger partial charge in [0.15, 0.2) is 0 Å². The van der Waals surface area contributed by atoms with Crippen molar-refractivity contribution in [1.82, 2.24) is 19.8 Å². The summed E-state index contributed by atoms with van der Waals surface area (Å²) in [5.74, 6) is 1.83. The van der Waals surface area contributed by atoms with E-state index >= 15 is 0 Å². The van der Waals surface area contributed by atoms with E-state index in [4.69, 9.17) is 4.98 Å². The smallest absolute Gasteiger partial charge is 0.254 e. The molecule has 2 aliphatic heterocycles. The van der Waals surface area contributed by atoms with Gasteiger partial charge >= 0.3 is 0 Å². The number of H-pyrrole nitrogens is 1. The molecule has 0 bridgehead atoms. The summed E-state index contributed by atoms with van der Waals surface area (Å²) < 4.78 is 0. The maximum absolute atomic E-state index is 13.2. The summed E-state index contributed by atoms with van der Waals surface area (Å²) in [4.78, 5) is 38.6. The third kappa shape index (κ3) is 4.50. The van der Waals surface area contributed by atoms with Gasteiger partial charge in [-0.05, 0) is 57.3 Å². The van der Waals surface area contributed by atoms with Crippen LogP contribution >= 0.6 is 0 Å². The van der Waals surface area contributed by atoms with Crippen molar-refractivity contribution in [2.45, 2.75) is 83.2 Å². The van der Waals surface area contributed by atoms with E-state index in [1.165, 1.54) is 32.1 Å². The Balaban J connectivity index is 1.32.